The smallest absolute Gasteiger partial charge is 0.223 e. The number of rotatable bonds is 0. The summed E-state index contributed by atoms with van der Waals surface area (Å²) < 4.78 is 27.5. The lowest BCUT2D eigenvalue weighted by atomic mass is 10.0. The number of pyridine rings is 1. The van der Waals surface area contributed by atoms with E-state index >= 15 is 0 Å². The van der Waals surface area contributed by atoms with Gasteiger partial charge in [0.2, 0.25) is 0 Å². The zero-order valence-electron chi connectivity index (χ0n) is 13.2. The molecular formula is C17H13N2+. The molecule has 0 fully saturated rings. The summed E-state index contributed by atoms with van der Waals surface area (Å²) in [4.78, 5) is 0. The fourth-order valence-electron chi connectivity index (χ4n) is 3.40. The number of nitrogens with zero attached hydrogens (tertiary/aromatic N) is 2. The SMILES string of the molecule is [2H]C([2H])([2H])c1c[n+]2c3ccccc3c3cccc4c3c2n1C4. The molecular weight excluding hydrogens is 232 g/mol. The van der Waals surface area contributed by atoms with Gasteiger partial charge in [-0.1, -0.05) is 36.4 Å². The van der Waals surface area contributed by atoms with Gasteiger partial charge in [-0.2, -0.15) is 4.40 Å². The maximum atomic E-state index is 7.84. The molecule has 2 nitrogen and oxygen atoms in total. The number of fused-ring (bicyclic) bond motifs is 3. The first kappa shape index (κ1) is 7.29. The molecule has 5 rings (SSSR count). The summed E-state index contributed by atoms with van der Waals surface area (Å²) in [6, 6.07) is 14.4. The Labute approximate surface area is 114 Å². The quantitative estimate of drug-likeness (QED) is 0.294. The van der Waals surface area contributed by atoms with Crippen LogP contribution in [-0.4, -0.2) is 4.57 Å². The molecule has 19 heavy (non-hydrogen) atoms. The van der Waals surface area contributed by atoms with Crippen LogP contribution in [0.5, 0.6) is 0 Å². The average molecular weight is 248 g/mol. The third-order valence-electron chi connectivity index (χ3n) is 4.18. The zero-order chi connectivity index (χ0) is 15.1. The lowest BCUT2D eigenvalue weighted by Crippen LogP contribution is -2.20. The lowest BCUT2D eigenvalue weighted by molar-refractivity contribution is -0.479. The van der Waals surface area contributed by atoms with Gasteiger partial charge in [-0.15, -0.1) is 0 Å². The Morgan fingerprint density at radius 3 is 2.95 bits per heavy atom. The van der Waals surface area contributed by atoms with Crippen LogP contribution in [0.15, 0.2) is 48.7 Å². The van der Waals surface area contributed by atoms with Crippen LogP contribution in [0, 0.1) is 6.85 Å². The maximum Gasteiger partial charge on any atom is 0.295 e. The Bertz CT molecular complexity index is 1090. The second-order valence-corrected chi connectivity index (χ2v) is 5.15. The third-order valence-corrected chi connectivity index (χ3v) is 4.18. The van der Waals surface area contributed by atoms with Crippen LogP contribution in [0.25, 0.3) is 27.3 Å². The Morgan fingerprint density at radius 1 is 1.11 bits per heavy atom. The number of aryl methyl sites for hydroxylation is 1. The van der Waals surface area contributed by atoms with E-state index < -0.39 is 6.85 Å². The van der Waals surface area contributed by atoms with Gasteiger partial charge < -0.3 is 0 Å². The molecule has 0 amide bonds. The minimum absolute atomic E-state index is 0.404. The summed E-state index contributed by atoms with van der Waals surface area (Å²) >= 11 is 0. The number of aromatic nitrogens is 2. The second-order valence-electron chi connectivity index (χ2n) is 5.15. The third kappa shape index (κ3) is 0.976. The molecule has 1 aliphatic rings. The molecule has 0 N–H and O–H groups in total. The van der Waals surface area contributed by atoms with Crippen molar-refractivity contribution < 1.29 is 8.51 Å². The molecule has 2 aromatic carbocycles. The fraction of sp³-hybridized carbons (Fsp3) is 0.118. The predicted octanol–water partition coefficient (Wildman–Crippen LogP) is 3.20. The van der Waals surface area contributed by atoms with Gasteiger partial charge in [0.1, 0.15) is 24.0 Å². The first-order valence-electron chi connectivity index (χ1n) is 7.93. The minimum Gasteiger partial charge on any atom is -0.223 e. The molecule has 0 radical (unpaired) electrons. The van der Waals surface area contributed by atoms with Crippen LogP contribution in [0.2, 0.25) is 0 Å². The fourth-order valence-corrected chi connectivity index (χ4v) is 3.40. The summed E-state index contributed by atoms with van der Waals surface area (Å²) in [6.07, 6.45) is 1.78. The van der Waals surface area contributed by atoms with E-state index in [-0.39, 0.29) is 0 Å². The van der Waals surface area contributed by atoms with Crippen molar-refractivity contribution in [2.75, 3.05) is 0 Å². The summed E-state index contributed by atoms with van der Waals surface area (Å²) in [5.74, 6) is 0. The van der Waals surface area contributed by atoms with Crippen molar-refractivity contribution in [3.8, 4) is 0 Å². The van der Waals surface area contributed by atoms with Crippen molar-refractivity contribution in [1.82, 2.24) is 4.57 Å². The van der Waals surface area contributed by atoms with E-state index in [4.69, 9.17) is 4.11 Å². The summed E-state index contributed by atoms with van der Waals surface area (Å²) in [5.41, 5.74) is 3.65. The van der Waals surface area contributed by atoms with Crippen molar-refractivity contribution in [3.05, 3.63) is 59.9 Å². The van der Waals surface area contributed by atoms with Gasteiger partial charge in [-0.05, 0) is 6.07 Å². The van der Waals surface area contributed by atoms with Gasteiger partial charge in [-0.3, -0.25) is 0 Å². The molecule has 0 saturated carbocycles. The minimum atomic E-state index is -2.11. The van der Waals surface area contributed by atoms with Crippen molar-refractivity contribution in [1.29, 1.82) is 0 Å². The Hall–Kier alpha value is -2.35. The topological polar surface area (TPSA) is 9.03 Å². The monoisotopic (exact) mass is 248 g/mol. The Morgan fingerprint density at radius 2 is 2.00 bits per heavy atom. The number of hydrogen-bond acceptors (Lipinski definition) is 0. The van der Waals surface area contributed by atoms with Crippen molar-refractivity contribution >= 4 is 27.3 Å². The lowest BCUT2D eigenvalue weighted by Gasteiger charge is -2.02. The standard InChI is InChI=1S/C17H13N2/c1-11-9-19-15-8-3-2-6-13(15)14-7-4-5-12-10-18(11)17(19)16(12)14/h2-9H,10H2,1H3/q+1/i1D3. The predicted molar refractivity (Wildman–Crippen MR) is 76.4 cm³/mol. The molecule has 0 atom stereocenters. The molecule has 0 saturated heterocycles. The largest absolute Gasteiger partial charge is 0.295 e. The van der Waals surface area contributed by atoms with E-state index in [1.165, 1.54) is 16.3 Å². The molecule has 0 spiro atoms. The summed E-state index contributed by atoms with van der Waals surface area (Å²) in [5, 5.41) is 3.53. The van der Waals surface area contributed by atoms with Crippen LogP contribution in [-0.2, 0) is 6.54 Å². The molecule has 3 heterocycles. The van der Waals surface area contributed by atoms with Gasteiger partial charge in [0.05, 0.1) is 5.39 Å². The van der Waals surface area contributed by atoms with Gasteiger partial charge in [-0.25, -0.2) is 4.57 Å². The van der Waals surface area contributed by atoms with Crippen molar-refractivity contribution in [2.24, 2.45) is 0 Å². The highest BCUT2D eigenvalue weighted by molar-refractivity contribution is 6.11. The van der Waals surface area contributed by atoms with E-state index in [2.05, 4.69) is 24.3 Å². The Kier molecular flexibility index (Phi) is 1.14. The van der Waals surface area contributed by atoms with Crippen molar-refractivity contribution in [2.45, 2.75) is 13.4 Å². The van der Waals surface area contributed by atoms with Crippen LogP contribution >= 0.6 is 0 Å². The molecule has 1 aliphatic heterocycles. The molecule has 0 bridgehead atoms. The second kappa shape index (κ2) is 2.97. The van der Waals surface area contributed by atoms with Gasteiger partial charge >= 0.3 is 0 Å². The molecule has 4 aromatic rings. The van der Waals surface area contributed by atoms with Crippen LogP contribution in [0.4, 0.5) is 0 Å². The van der Waals surface area contributed by atoms with Gasteiger partial charge in [0.25, 0.3) is 5.65 Å². The maximum absolute atomic E-state index is 7.84. The van der Waals surface area contributed by atoms with E-state index in [0.717, 1.165) is 16.6 Å². The van der Waals surface area contributed by atoms with E-state index in [1.807, 2.05) is 27.2 Å². The molecule has 90 valence electrons. The summed E-state index contributed by atoms with van der Waals surface area (Å²) in [6.45, 7) is -1.48. The number of benzene rings is 2. The van der Waals surface area contributed by atoms with Crippen LogP contribution in [0.3, 0.4) is 0 Å². The first-order chi connectivity index (χ1) is 10.6. The highest BCUT2D eigenvalue weighted by Gasteiger charge is 2.28. The highest BCUT2D eigenvalue weighted by atomic mass is 15.1. The van der Waals surface area contributed by atoms with Crippen molar-refractivity contribution in [3.63, 3.8) is 0 Å². The molecule has 0 aliphatic carbocycles. The Balaban J connectivity index is 2.14. The van der Waals surface area contributed by atoms with Crippen LogP contribution < -0.4 is 4.40 Å². The van der Waals surface area contributed by atoms with E-state index in [9.17, 15) is 0 Å². The highest BCUT2D eigenvalue weighted by Crippen LogP contribution is 2.34. The van der Waals surface area contributed by atoms with E-state index in [0.29, 0.717) is 12.2 Å². The summed E-state index contributed by atoms with van der Waals surface area (Å²) in [7, 11) is 0. The average Bonchev–Trinajstić information content (AvgIpc) is 3.03. The first-order valence-corrected chi connectivity index (χ1v) is 6.43. The van der Waals surface area contributed by atoms with Gasteiger partial charge in [0.15, 0.2) is 0 Å². The molecule has 2 aromatic heterocycles. The van der Waals surface area contributed by atoms with Gasteiger partial charge in [0, 0.05) is 27.3 Å². The van der Waals surface area contributed by atoms with E-state index in [1.54, 1.807) is 6.20 Å². The zero-order valence-corrected chi connectivity index (χ0v) is 10.2. The number of hydrogen-bond donors (Lipinski definition) is 0. The number of imidazole rings is 1. The molecule has 2 heteroatoms. The van der Waals surface area contributed by atoms with Crippen LogP contribution in [0.1, 0.15) is 15.4 Å². The molecule has 0 unspecified atom stereocenters. The number of para-hydroxylation sites is 1. The normalized spacial score (nSPS) is 16.3.